The molecule has 0 saturated carbocycles. The predicted octanol–water partition coefficient (Wildman–Crippen LogP) is 1.22. The van der Waals surface area contributed by atoms with Gasteiger partial charge in [-0.05, 0) is 12.1 Å². The quantitative estimate of drug-likeness (QED) is 0.214. The molecule has 0 spiro atoms. The highest BCUT2D eigenvalue weighted by atomic mass is 16.1. The average Bonchev–Trinajstić information content (AvgIpc) is 2.15. The van der Waals surface area contributed by atoms with Crippen LogP contribution < -0.4 is 5.01 Å². The molecule has 1 rings (SSSR count). The number of rotatable bonds is 2. The maximum Gasteiger partial charge on any atom is 0.259 e. The number of hydrazone groups is 1. The van der Waals surface area contributed by atoms with Gasteiger partial charge in [0.25, 0.3) is 6.08 Å². The largest absolute Gasteiger partial charge is 0.259 e. The van der Waals surface area contributed by atoms with Crippen LogP contribution in [0, 0.1) is 11.5 Å². The van der Waals surface area contributed by atoms with Crippen molar-refractivity contribution in [3.8, 4) is 6.19 Å². The Balaban J connectivity index is 2.97. The van der Waals surface area contributed by atoms with Crippen LogP contribution in [0.25, 0.3) is 0 Å². The Morgan fingerprint density at radius 1 is 1.33 bits per heavy atom. The molecule has 0 fully saturated rings. The lowest BCUT2D eigenvalue weighted by molar-refractivity contribution is 0.563. The summed E-state index contributed by atoms with van der Waals surface area (Å²) in [6, 6.07) is 8.65. The first-order chi connectivity index (χ1) is 5.88. The first-order valence-corrected chi connectivity index (χ1v) is 3.21. The van der Waals surface area contributed by atoms with E-state index in [-0.39, 0.29) is 0 Å². The van der Waals surface area contributed by atoms with Gasteiger partial charge in [0.05, 0.1) is 5.69 Å². The Labute approximate surface area is 69.3 Å². The van der Waals surface area contributed by atoms with Gasteiger partial charge in [0.1, 0.15) is 0 Å². The molecule has 12 heavy (non-hydrogen) atoms. The Hall–Kier alpha value is -2.11. The number of hydrogen-bond donors (Lipinski definition) is 0. The molecule has 0 amide bonds. The van der Waals surface area contributed by atoms with Gasteiger partial charge in [-0.25, -0.2) is 4.79 Å². The highest BCUT2D eigenvalue weighted by Crippen LogP contribution is 2.11. The van der Waals surface area contributed by atoms with Crippen molar-refractivity contribution in [3.63, 3.8) is 0 Å². The van der Waals surface area contributed by atoms with E-state index in [2.05, 4.69) is 5.10 Å². The second-order valence-corrected chi connectivity index (χ2v) is 1.94. The Morgan fingerprint density at radius 3 is 2.50 bits per heavy atom. The van der Waals surface area contributed by atoms with Crippen LogP contribution in [0.3, 0.4) is 0 Å². The molecular weight excluding hydrogens is 154 g/mol. The third kappa shape index (κ3) is 1.69. The van der Waals surface area contributed by atoms with Crippen molar-refractivity contribution in [2.24, 2.45) is 5.10 Å². The van der Waals surface area contributed by atoms with E-state index in [1.54, 1.807) is 30.5 Å². The van der Waals surface area contributed by atoms with Gasteiger partial charge in [0.2, 0.25) is 6.19 Å². The monoisotopic (exact) mass is 159 g/mol. The summed E-state index contributed by atoms with van der Waals surface area (Å²) in [5.41, 5.74) is 0.545. The summed E-state index contributed by atoms with van der Waals surface area (Å²) in [5.74, 6) is 0. The van der Waals surface area contributed by atoms with Crippen LogP contribution in [-0.4, -0.2) is 6.08 Å². The van der Waals surface area contributed by atoms with Crippen LogP contribution >= 0.6 is 0 Å². The highest BCUT2D eigenvalue weighted by molar-refractivity contribution is 5.52. The zero-order valence-corrected chi connectivity index (χ0v) is 6.14. The lowest BCUT2D eigenvalue weighted by atomic mass is 10.3. The highest BCUT2D eigenvalue weighted by Gasteiger charge is 1.99. The molecule has 0 radical (unpaired) electrons. The third-order valence-corrected chi connectivity index (χ3v) is 1.24. The van der Waals surface area contributed by atoms with Gasteiger partial charge in [-0.3, -0.25) is 0 Å². The second-order valence-electron chi connectivity index (χ2n) is 1.94. The van der Waals surface area contributed by atoms with Gasteiger partial charge in [-0.15, -0.1) is 0 Å². The molecule has 0 N–H and O–H groups in total. The third-order valence-electron chi connectivity index (χ3n) is 1.24. The van der Waals surface area contributed by atoms with Gasteiger partial charge in [-0.1, -0.05) is 23.3 Å². The second kappa shape index (κ2) is 3.91. The van der Waals surface area contributed by atoms with Gasteiger partial charge in [0, 0.05) is 0 Å². The molecule has 0 aliphatic rings. The summed E-state index contributed by atoms with van der Waals surface area (Å²) in [5, 5.41) is 12.6. The fourth-order valence-corrected chi connectivity index (χ4v) is 0.748. The fourth-order valence-electron chi connectivity index (χ4n) is 0.748. The van der Waals surface area contributed by atoms with Crippen LogP contribution in [0.4, 0.5) is 5.69 Å². The summed E-state index contributed by atoms with van der Waals surface area (Å²) in [6.45, 7) is 0. The summed E-state index contributed by atoms with van der Waals surface area (Å²) >= 11 is 0. The summed E-state index contributed by atoms with van der Waals surface area (Å²) in [7, 11) is 0. The van der Waals surface area contributed by atoms with E-state index >= 15 is 0 Å². The Kier molecular flexibility index (Phi) is 2.61. The van der Waals surface area contributed by atoms with Gasteiger partial charge >= 0.3 is 0 Å². The molecule has 0 aliphatic heterocycles. The number of carbonyl (C=O) groups excluding carboxylic acids is 1. The lowest BCUT2D eigenvalue weighted by Gasteiger charge is -2.04. The number of anilines is 1. The van der Waals surface area contributed by atoms with Crippen molar-refractivity contribution in [1.82, 2.24) is 0 Å². The standard InChI is InChI=1S/C8H5N3O/c9-6-11(10-7-12)8-4-2-1-3-5-8/h1-5H. The summed E-state index contributed by atoms with van der Waals surface area (Å²) < 4.78 is 0. The number of isocyanates is 1. The van der Waals surface area contributed by atoms with E-state index in [1.807, 2.05) is 6.07 Å². The van der Waals surface area contributed by atoms with E-state index < -0.39 is 0 Å². The maximum absolute atomic E-state index is 9.86. The minimum Gasteiger partial charge on any atom is -0.209 e. The maximum atomic E-state index is 9.86. The van der Waals surface area contributed by atoms with E-state index in [0.717, 1.165) is 5.01 Å². The van der Waals surface area contributed by atoms with E-state index in [4.69, 9.17) is 5.26 Å². The topological polar surface area (TPSA) is 56.5 Å². The van der Waals surface area contributed by atoms with Crippen LogP contribution in [0.1, 0.15) is 0 Å². The van der Waals surface area contributed by atoms with Crippen LogP contribution in [0.5, 0.6) is 0 Å². The van der Waals surface area contributed by atoms with Crippen LogP contribution in [0.2, 0.25) is 0 Å². The molecule has 0 unspecified atom stereocenters. The van der Waals surface area contributed by atoms with E-state index in [9.17, 15) is 4.79 Å². The van der Waals surface area contributed by atoms with Crippen molar-refractivity contribution in [2.75, 3.05) is 5.01 Å². The van der Waals surface area contributed by atoms with Gasteiger partial charge < -0.3 is 0 Å². The van der Waals surface area contributed by atoms with Gasteiger partial charge in [-0.2, -0.15) is 10.3 Å². The molecule has 0 atom stereocenters. The number of nitrogens with zero attached hydrogens (tertiary/aromatic N) is 3. The van der Waals surface area contributed by atoms with E-state index in [0.29, 0.717) is 5.69 Å². The minimum absolute atomic E-state index is 0.545. The molecule has 1 aromatic carbocycles. The van der Waals surface area contributed by atoms with Crippen molar-refractivity contribution < 1.29 is 4.79 Å². The molecule has 0 bridgehead atoms. The van der Waals surface area contributed by atoms with Gasteiger partial charge in [0.15, 0.2) is 0 Å². The van der Waals surface area contributed by atoms with Crippen LogP contribution in [0.15, 0.2) is 35.4 Å². The summed E-state index contributed by atoms with van der Waals surface area (Å²) in [4.78, 5) is 9.86. The molecule has 0 saturated heterocycles. The zero-order valence-electron chi connectivity index (χ0n) is 6.14. The minimum atomic E-state index is 0.545. The molecule has 0 aliphatic carbocycles. The van der Waals surface area contributed by atoms with Crippen molar-refractivity contribution >= 4 is 11.8 Å². The lowest BCUT2D eigenvalue weighted by Crippen LogP contribution is -2.06. The molecule has 0 aromatic heterocycles. The Morgan fingerprint density at radius 2 is 2.00 bits per heavy atom. The van der Waals surface area contributed by atoms with E-state index in [1.165, 1.54) is 6.08 Å². The van der Waals surface area contributed by atoms with Crippen molar-refractivity contribution in [1.29, 1.82) is 5.26 Å². The molecule has 1 aromatic rings. The molecule has 4 heteroatoms. The number of nitriles is 1. The molecule has 0 heterocycles. The SMILES string of the molecule is N#CN(N=C=O)c1ccccc1. The normalized spacial score (nSPS) is 7.92. The number of hydrogen-bond acceptors (Lipinski definition) is 4. The van der Waals surface area contributed by atoms with Crippen molar-refractivity contribution in [2.45, 2.75) is 0 Å². The number of benzene rings is 1. The smallest absolute Gasteiger partial charge is 0.209 e. The van der Waals surface area contributed by atoms with Crippen molar-refractivity contribution in [3.05, 3.63) is 30.3 Å². The fraction of sp³-hybridized carbons (Fsp3) is 0. The molecule has 58 valence electrons. The first kappa shape index (κ1) is 7.99. The zero-order chi connectivity index (χ0) is 8.81. The summed E-state index contributed by atoms with van der Waals surface area (Å²) in [6.07, 6.45) is 3.02. The number of para-hydroxylation sites is 1. The first-order valence-electron chi connectivity index (χ1n) is 3.21. The Bertz CT molecular complexity index is 335. The predicted molar refractivity (Wildman–Crippen MR) is 42.7 cm³/mol. The molecule has 4 nitrogen and oxygen atoms in total. The molecular formula is C8H5N3O. The average molecular weight is 159 g/mol. The van der Waals surface area contributed by atoms with Crippen LogP contribution in [-0.2, 0) is 4.79 Å².